The summed E-state index contributed by atoms with van der Waals surface area (Å²) >= 11 is 0. The first-order valence-electron chi connectivity index (χ1n) is 8.72. The molecule has 0 aliphatic carbocycles. The molecule has 0 aliphatic heterocycles. The first kappa shape index (κ1) is 25.5. The Kier molecular flexibility index (Phi) is 19.8. The fourth-order valence-electron chi connectivity index (χ4n) is 1.54. The van der Waals surface area contributed by atoms with E-state index < -0.39 is 5.97 Å². The highest BCUT2D eigenvalue weighted by Gasteiger charge is 2.13. The smallest absolute Gasteiger partial charge is 0.102 e. The van der Waals surface area contributed by atoms with Gasteiger partial charge in [0.25, 0.3) is 0 Å². The Balaban J connectivity index is 0. The van der Waals surface area contributed by atoms with Crippen LogP contribution in [0, 0.1) is 0 Å². The lowest BCUT2D eigenvalue weighted by Gasteiger charge is -2.29. The zero-order valence-electron chi connectivity index (χ0n) is 16.2. The molecule has 0 heterocycles. The van der Waals surface area contributed by atoms with Crippen LogP contribution in [0.3, 0.4) is 0 Å². The number of carboxylic acids is 1. The van der Waals surface area contributed by atoms with Crippen LogP contribution in [0.15, 0.2) is 0 Å². The number of likely N-dealkylation sites (N-methyl/N-ethyl adjacent to an activating group) is 1. The average molecular weight is 351 g/mol. The van der Waals surface area contributed by atoms with E-state index in [1.807, 2.05) is 20.8 Å². The number of carbonyl (C=O) groups excluding carboxylic acids is 1. The van der Waals surface area contributed by atoms with Gasteiger partial charge in [-0.15, -0.1) is 0 Å². The van der Waals surface area contributed by atoms with Crippen LogP contribution in [0.5, 0.6) is 0 Å². The quantitative estimate of drug-likeness (QED) is 0.312. The van der Waals surface area contributed by atoms with E-state index in [2.05, 4.69) is 14.1 Å². The maximum atomic E-state index is 9.87. The number of aliphatic carboxylic acids is 1. The summed E-state index contributed by atoms with van der Waals surface area (Å²) in [4.78, 5) is 9.87. The van der Waals surface area contributed by atoms with Gasteiger partial charge in [-0.1, -0.05) is 0 Å². The molecule has 0 N–H and O–H groups in total. The Morgan fingerprint density at radius 3 is 1.58 bits per heavy atom. The van der Waals surface area contributed by atoms with E-state index in [0.717, 1.165) is 44.0 Å². The molecule has 7 heteroatoms. The zero-order chi connectivity index (χ0) is 18.7. The number of nitrogens with zero attached hydrogens (tertiary/aromatic N) is 1. The van der Waals surface area contributed by atoms with E-state index >= 15 is 0 Å². The van der Waals surface area contributed by atoms with Crippen LogP contribution in [-0.2, 0) is 23.7 Å². The maximum absolute atomic E-state index is 9.87. The van der Waals surface area contributed by atoms with Crippen molar-refractivity contribution in [2.45, 2.75) is 27.2 Å². The van der Waals surface area contributed by atoms with Crippen LogP contribution in [0.2, 0.25) is 0 Å². The zero-order valence-corrected chi connectivity index (χ0v) is 16.2. The van der Waals surface area contributed by atoms with Gasteiger partial charge in [-0.3, -0.25) is 0 Å². The molecule has 0 saturated heterocycles. The topological polar surface area (TPSA) is 77.1 Å². The third-order valence-electron chi connectivity index (χ3n) is 3.12. The lowest BCUT2D eigenvalue weighted by molar-refractivity contribution is -0.891. The molecule has 0 amide bonds. The molecule has 0 aromatic heterocycles. The van der Waals surface area contributed by atoms with E-state index in [0.29, 0.717) is 19.8 Å². The van der Waals surface area contributed by atoms with Crippen LogP contribution in [0.25, 0.3) is 0 Å². The number of hydrogen-bond donors (Lipinski definition) is 0. The Morgan fingerprint density at radius 2 is 1.17 bits per heavy atom. The number of rotatable bonds is 15. The molecular weight excluding hydrogens is 314 g/mol. The summed E-state index contributed by atoms with van der Waals surface area (Å²) in [6, 6.07) is 0. The second-order valence-electron chi connectivity index (χ2n) is 5.71. The predicted molar refractivity (Wildman–Crippen MR) is 91.8 cm³/mol. The maximum Gasteiger partial charge on any atom is 0.102 e. The minimum atomic E-state index is -1.08. The molecule has 0 atom stereocenters. The summed E-state index contributed by atoms with van der Waals surface area (Å²) < 4.78 is 21.5. The van der Waals surface area contributed by atoms with Crippen molar-refractivity contribution in [2.24, 2.45) is 0 Å². The Labute approximate surface area is 147 Å². The molecule has 24 heavy (non-hydrogen) atoms. The standard InChI is InChI=1S/C10H24NO2.C7H14O4/c1-5-12-9-7-11(3,4)8-10-13-6-2;1-2-10-5-6-11-4-3-7(8)9/h5-10H2,1-4H3;2-6H2,1H3,(H,8,9)/q+1;/p-1. The van der Waals surface area contributed by atoms with E-state index in [1.165, 1.54) is 0 Å². The molecule has 0 fully saturated rings. The van der Waals surface area contributed by atoms with Crippen LogP contribution >= 0.6 is 0 Å². The summed E-state index contributed by atoms with van der Waals surface area (Å²) in [5.41, 5.74) is 0. The molecule has 0 aliphatic rings. The van der Waals surface area contributed by atoms with Gasteiger partial charge in [0.05, 0.1) is 47.1 Å². The molecule has 0 radical (unpaired) electrons. The second kappa shape index (κ2) is 18.6. The van der Waals surface area contributed by atoms with Gasteiger partial charge < -0.3 is 33.3 Å². The molecule has 0 saturated carbocycles. The molecule has 0 bridgehead atoms. The average Bonchev–Trinajstić information content (AvgIpc) is 2.51. The van der Waals surface area contributed by atoms with Gasteiger partial charge in [-0.05, 0) is 20.8 Å². The highest BCUT2D eigenvalue weighted by Crippen LogP contribution is 1.96. The highest BCUT2D eigenvalue weighted by atomic mass is 16.5. The van der Waals surface area contributed by atoms with Gasteiger partial charge >= 0.3 is 0 Å². The minimum absolute atomic E-state index is 0.0495. The lowest BCUT2D eigenvalue weighted by Crippen LogP contribution is -2.44. The van der Waals surface area contributed by atoms with Crippen molar-refractivity contribution < 1.29 is 33.3 Å². The third-order valence-corrected chi connectivity index (χ3v) is 3.12. The first-order valence-corrected chi connectivity index (χ1v) is 8.72. The van der Waals surface area contributed by atoms with Crippen LogP contribution < -0.4 is 5.11 Å². The van der Waals surface area contributed by atoms with Crippen molar-refractivity contribution in [2.75, 3.05) is 80.0 Å². The van der Waals surface area contributed by atoms with Gasteiger partial charge in [-0.2, -0.15) is 0 Å². The van der Waals surface area contributed by atoms with Gasteiger partial charge in [0.1, 0.15) is 13.1 Å². The highest BCUT2D eigenvalue weighted by molar-refractivity contribution is 5.64. The van der Waals surface area contributed by atoms with Crippen LogP contribution in [0.1, 0.15) is 27.2 Å². The summed E-state index contributed by atoms with van der Waals surface area (Å²) in [7, 11) is 4.41. The first-order chi connectivity index (χ1) is 11.4. The fourth-order valence-corrected chi connectivity index (χ4v) is 1.54. The third kappa shape index (κ3) is 23.5. The van der Waals surface area contributed by atoms with Gasteiger partial charge in [0.2, 0.25) is 0 Å². The summed E-state index contributed by atoms with van der Waals surface area (Å²) in [5, 5.41) is 9.87. The summed E-state index contributed by atoms with van der Waals surface area (Å²) in [6.07, 6.45) is -0.0495. The van der Waals surface area contributed by atoms with E-state index in [1.54, 1.807) is 0 Å². The number of quaternary nitrogens is 1. The fraction of sp³-hybridized carbons (Fsp3) is 0.941. The number of ether oxygens (including phenoxy) is 4. The molecule has 146 valence electrons. The summed E-state index contributed by atoms with van der Waals surface area (Å²) in [6.45, 7) is 13.2. The molecule has 0 aromatic rings. The Hall–Kier alpha value is -0.730. The monoisotopic (exact) mass is 351 g/mol. The van der Waals surface area contributed by atoms with Crippen molar-refractivity contribution in [1.82, 2.24) is 0 Å². The number of hydrogen-bond acceptors (Lipinski definition) is 6. The minimum Gasteiger partial charge on any atom is -0.550 e. The van der Waals surface area contributed by atoms with Gasteiger partial charge in [0, 0.05) is 32.2 Å². The summed E-state index contributed by atoms with van der Waals surface area (Å²) in [5.74, 6) is -1.08. The van der Waals surface area contributed by atoms with Crippen molar-refractivity contribution >= 4 is 5.97 Å². The molecular formula is C17H37NO6. The van der Waals surface area contributed by atoms with Gasteiger partial charge in [0.15, 0.2) is 0 Å². The molecule has 0 aromatic carbocycles. The molecule has 7 nitrogen and oxygen atoms in total. The van der Waals surface area contributed by atoms with Crippen molar-refractivity contribution in [3.63, 3.8) is 0 Å². The largest absolute Gasteiger partial charge is 0.550 e. The normalized spacial score (nSPS) is 11.0. The van der Waals surface area contributed by atoms with Crippen LogP contribution in [-0.4, -0.2) is 90.5 Å². The number of carboxylic acid groups (broad SMARTS) is 1. The Bertz CT molecular complexity index is 262. The predicted octanol–water partition coefficient (Wildman–Crippen LogP) is 0.315. The molecule has 0 rings (SSSR count). The molecule has 0 spiro atoms. The Morgan fingerprint density at radius 1 is 0.750 bits per heavy atom. The van der Waals surface area contributed by atoms with Crippen molar-refractivity contribution in [3.05, 3.63) is 0 Å². The second-order valence-corrected chi connectivity index (χ2v) is 5.71. The number of carbonyl (C=O) groups is 1. The SMILES string of the molecule is CCOCCOCCC(=O)[O-].CCOCC[N+](C)(C)CCOCC. The van der Waals surface area contributed by atoms with Gasteiger partial charge in [-0.25, -0.2) is 0 Å². The lowest BCUT2D eigenvalue weighted by atomic mass is 10.4. The van der Waals surface area contributed by atoms with E-state index in [-0.39, 0.29) is 13.0 Å². The van der Waals surface area contributed by atoms with E-state index in [4.69, 9.17) is 18.9 Å². The molecule has 0 unspecified atom stereocenters. The van der Waals surface area contributed by atoms with Crippen LogP contribution in [0.4, 0.5) is 0 Å². The van der Waals surface area contributed by atoms with Crippen molar-refractivity contribution in [3.8, 4) is 0 Å². The van der Waals surface area contributed by atoms with E-state index in [9.17, 15) is 9.90 Å². The van der Waals surface area contributed by atoms with Crippen molar-refractivity contribution in [1.29, 1.82) is 0 Å².